The molecule has 1 aromatic rings. The van der Waals surface area contributed by atoms with Gasteiger partial charge in [0.25, 0.3) is 0 Å². The summed E-state index contributed by atoms with van der Waals surface area (Å²) in [5, 5.41) is 10.2. The van der Waals surface area contributed by atoms with Gasteiger partial charge in [0.1, 0.15) is 0 Å². The third kappa shape index (κ3) is 5.31. The van der Waals surface area contributed by atoms with Gasteiger partial charge in [-0.3, -0.25) is 4.99 Å². The topological polar surface area (TPSA) is 93.8 Å². The number of aryl methyl sites for hydroxylation is 1. The standard InChI is InChI=1S/C13H23N5O3/c1-9(7-20-11-4-5-19-8-11)16-13(14-3)15-6-12-17-10(2)21-18-12/h9,11H,4-8H2,1-3H3,(H2,14,15,16). The van der Waals surface area contributed by atoms with Crippen LogP contribution in [0.4, 0.5) is 0 Å². The Kier molecular flexibility index (Phi) is 5.94. The quantitative estimate of drug-likeness (QED) is 0.573. The fourth-order valence-electron chi connectivity index (χ4n) is 1.97. The van der Waals surface area contributed by atoms with Crippen LogP contribution in [0.3, 0.4) is 0 Å². The number of guanidine groups is 1. The minimum atomic E-state index is 0.142. The number of aliphatic imine (C=N–C) groups is 1. The van der Waals surface area contributed by atoms with E-state index < -0.39 is 0 Å². The van der Waals surface area contributed by atoms with Crippen molar-refractivity contribution in [2.24, 2.45) is 4.99 Å². The fraction of sp³-hybridized carbons (Fsp3) is 0.769. The molecule has 2 rings (SSSR count). The minimum Gasteiger partial charge on any atom is -0.379 e. The largest absolute Gasteiger partial charge is 0.379 e. The van der Waals surface area contributed by atoms with Gasteiger partial charge in [-0.05, 0) is 13.3 Å². The van der Waals surface area contributed by atoms with Crippen LogP contribution in [0.2, 0.25) is 0 Å². The van der Waals surface area contributed by atoms with Crippen molar-refractivity contribution in [3.05, 3.63) is 11.7 Å². The summed E-state index contributed by atoms with van der Waals surface area (Å²) in [7, 11) is 1.72. The highest BCUT2D eigenvalue weighted by atomic mass is 16.5. The van der Waals surface area contributed by atoms with E-state index in [1.807, 2.05) is 6.92 Å². The average molecular weight is 297 g/mol. The molecule has 118 valence electrons. The van der Waals surface area contributed by atoms with Crippen molar-refractivity contribution in [1.29, 1.82) is 0 Å². The van der Waals surface area contributed by atoms with Crippen LogP contribution in [0.1, 0.15) is 25.1 Å². The fourth-order valence-corrected chi connectivity index (χ4v) is 1.97. The van der Waals surface area contributed by atoms with E-state index in [1.54, 1.807) is 14.0 Å². The van der Waals surface area contributed by atoms with Gasteiger partial charge in [0, 0.05) is 26.6 Å². The Labute approximate surface area is 124 Å². The second-order valence-electron chi connectivity index (χ2n) is 5.02. The minimum absolute atomic E-state index is 0.142. The second-order valence-corrected chi connectivity index (χ2v) is 5.02. The molecule has 2 heterocycles. The Balaban J connectivity index is 1.68. The molecule has 0 radical (unpaired) electrons. The number of nitrogens with one attached hydrogen (secondary N) is 2. The molecule has 0 amide bonds. The molecule has 1 aliphatic rings. The zero-order valence-electron chi connectivity index (χ0n) is 12.8. The summed E-state index contributed by atoms with van der Waals surface area (Å²) in [5.74, 6) is 1.83. The van der Waals surface area contributed by atoms with E-state index in [9.17, 15) is 0 Å². The van der Waals surface area contributed by atoms with Crippen LogP contribution in [-0.4, -0.2) is 55.1 Å². The Bertz CT molecular complexity index is 456. The Hall–Kier alpha value is -1.67. The summed E-state index contributed by atoms with van der Waals surface area (Å²) < 4.78 is 16.0. The first kappa shape index (κ1) is 15.7. The summed E-state index contributed by atoms with van der Waals surface area (Å²) in [6.45, 7) is 6.35. The monoisotopic (exact) mass is 297 g/mol. The molecule has 0 aliphatic carbocycles. The molecule has 2 N–H and O–H groups in total. The maximum Gasteiger partial charge on any atom is 0.223 e. The highest BCUT2D eigenvalue weighted by Crippen LogP contribution is 2.08. The van der Waals surface area contributed by atoms with Gasteiger partial charge < -0.3 is 24.6 Å². The Morgan fingerprint density at radius 1 is 1.57 bits per heavy atom. The first-order valence-corrected chi connectivity index (χ1v) is 7.13. The molecule has 2 atom stereocenters. The first-order chi connectivity index (χ1) is 10.2. The molecule has 0 aromatic carbocycles. The van der Waals surface area contributed by atoms with E-state index >= 15 is 0 Å². The average Bonchev–Trinajstić information content (AvgIpc) is 3.12. The Morgan fingerprint density at radius 3 is 3.05 bits per heavy atom. The highest BCUT2D eigenvalue weighted by molar-refractivity contribution is 5.79. The molecule has 1 aromatic heterocycles. The molecule has 0 saturated carbocycles. The predicted molar refractivity (Wildman–Crippen MR) is 77.0 cm³/mol. The van der Waals surface area contributed by atoms with E-state index in [0.29, 0.717) is 37.4 Å². The summed E-state index contributed by atoms with van der Waals surface area (Å²) in [6, 6.07) is 0.142. The molecule has 8 nitrogen and oxygen atoms in total. The van der Waals surface area contributed by atoms with Gasteiger partial charge in [-0.1, -0.05) is 5.16 Å². The number of hydrogen-bond acceptors (Lipinski definition) is 6. The van der Waals surface area contributed by atoms with E-state index in [2.05, 4.69) is 25.8 Å². The van der Waals surface area contributed by atoms with Gasteiger partial charge in [-0.25, -0.2) is 0 Å². The molecule has 0 bridgehead atoms. The molecule has 1 fully saturated rings. The van der Waals surface area contributed by atoms with E-state index in [1.165, 1.54) is 0 Å². The lowest BCUT2D eigenvalue weighted by molar-refractivity contribution is 0.0347. The maximum atomic E-state index is 5.77. The second kappa shape index (κ2) is 7.94. The van der Waals surface area contributed by atoms with Gasteiger partial charge in [0.2, 0.25) is 5.89 Å². The molecule has 21 heavy (non-hydrogen) atoms. The molecular formula is C13H23N5O3. The lowest BCUT2D eigenvalue weighted by Gasteiger charge is -2.19. The smallest absolute Gasteiger partial charge is 0.223 e. The van der Waals surface area contributed by atoms with Crippen LogP contribution in [0.15, 0.2) is 9.52 Å². The lowest BCUT2D eigenvalue weighted by atomic mass is 10.3. The van der Waals surface area contributed by atoms with Crippen LogP contribution in [0.5, 0.6) is 0 Å². The summed E-state index contributed by atoms with van der Waals surface area (Å²) in [4.78, 5) is 8.28. The third-order valence-corrected chi connectivity index (χ3v) is 3.06. The molecular weight excluding hydrogens is 274 g/mol. The zero-order valence-corrected chi connectivity index (χ0v) is 12.8. The van der Waals surface area contributed by atoms with E-state index in [0.717, 1.165) is 13.0 Å². The van der Waals surface area contributed by atoms with Crippen LogP contribution >= 0.6 is 0 Å². The summed E-state index contributed by atoms with van der Waals surface area (Å²) in [6.07, 6.45) is 1.18. The van der Waals surface area contributed by atoms with Crippen LogP contribution in [-0.2, 0) is 16.0 Å². The SMILES string of the molecule is CN=C(NCc1noc(C)n1)NC(C)COC1CCOC1. The van der Waals surface area contributed by atoms with Crippen LogP contribution in [0, 0.1) is 6.92 Å². The van der Waals surface area contributed by atoms with Crippen molar-refractivity contribution in [1.82, 2.24) is 20.8 Å². The van der Waals surface area contributed by atoms with Gasteiger partial charge in [0.05, 0.1) is 25.9 Å². The van der Waals surface area contributed by atoms with Crippen molar-refractivity contribution in [2.75, 3.05) is 26.9 Å². The maximum absolute atomic E-state index is 5.77. The normalized spacial score (nSPS) is 20.5. The molecule has 2 unspecified atom stereocenters. The van der Waals surface area contributed by atoms with E-state index in [-0.39, 0.29) is 12.1 Å². The van der Waals surface area contributed by atoms with Crippen molar-refractivity contribution < 1.29 is 14.0 Å². The first-order valence-electron chi connectivity index (χ1n) is 7.13. The van der Waals surface area contributed by atoms with Crippen LogP contribution in [0.25, 0.3) is 0 Å². The van der Waals surface area contributed by atoms with Gasteiger partial charge in [0.15, 0.2) is 11.8 Å². The summed E-state index contributed by atoms with van der Waals surface area (Å²) in [5.41, 5.74) is 0. The number of rotatable bonds is 6. The predicted octanol–water partition coefficient (Wildman–Crippen LogP) is 0.237. The molecule has 1 saturated heterocycles. The number of aromatic nitrogens is 2. The van der Waals surface area contributed by atoms with Gasteiger partial charge in [-0.2, -0.15) is 4.98 Å². The lowest BCUT2D eigenvalue weighted by Crippen LogP contribution is -2.44. The van der Waals surface area contributed by atoms with Gasteiger partial charge in [-0.15, -0.1) is 0 Å². The number of hydrogen-bond donors (Lipinski definition) is 2. The molecule has 1 aliphatic heterocycles. The Morgan fingerprint density at radius 2 is 2.43 bits per heavy atom. The molecule has 0 spiro atoms. The summed E-state index contributed by atoms with van der Waals surface area (Å²) >= 11 is 0. The molecule has 8 heteroatoms. The third-order valence-electron chi connectivity index (χ3n) is 3.06. The van der Waals surface area contributed by atoms with Crippen molar-refractivity contribution in [3.8, 4) is 0 Å². The van der Waals surface area contributed by atoms with Gasteiger partial charge >= 0.3 is 0 Å². The van der Waals surface area contributed by atoms with Crippen LogP contribution < -0.4 is 10.6 Å². The number of ether oxygens (including phenoxy) is 2. The van der Waals surface area contributed by atoms with Crippen molar-refractivity contribution >= 4 is 5.96 Å². The zero-order chi connectivity index (χ0) is 15.1. The van der Waals surface area contributed by atoms with Crippen molar-refractivity contribution in [3.63, 3.8) is 0 Å². The highest BCUT2D eigenvalue weighted by Gasteiger charge is 2.17. The van der Waals surface area contributed by atoms with Crippen molar-refractivity contribution in [2.45, 2.75) is 39.0 Å². The number of nitrogens with zero attached hydrogens (tertiary/aromatic N) is 3. The van der Waals surface area contributed by atoms with E-state index in [4.69, 9.17) is 14.0 Å².